The summed E-state index contributed by atoms with van der Waals surface area (Å²) in [4.78, 5) is 45.7. The molecular weight excluding hydrogens is 544 g/mol. The maximum atomic E-state index is 13.9. The largest absolute Gasteiger partial charge is 0.465 e. The molecule has 1 aliphatic heterocycles. The summed E-state index contributed by atoms with van der Waals surface area (Å²) in [6.45, 7) is 1.94. The van der Waals surface area contributed by atoms with Gasteiger partial charge in [-0.2, -0.15) is 0 Å². The number of benzene rings is 3. The van der Waals surface area contributed by atoms with Gasteiger partial charge in [0.15, 0.2) is 4.80 Å². The highest BCUT2D eigenvalue weighted by Gasteiger charge is 2.35. The molecule has 1 aliphatic rings. The smallest absolute Gasteiger partial charge is 0.338 e. The normalized spacial score (nSPS) is 14.9. The molecule has 0 aliphatic carbocycles. The second kappa shape index (κ2) is 11.9. The molecule has 7 nitrogen and oxygen atoms in total. The van der Waals surface area contributed by atoms with E-state index in [9.17, 15) is 14.4 Å². The molecule has 9 heteroatoms. The summed E-state index contributed by atoms with van der Waals surface area (Å²) < 4.78 is 12.3. The van der Waals surface area contributed by atoms with Gasteiger partial charge in [0.05, 0.1) is 41.1 Å². The number of rotatable bonds is 7. The first-order chi connectivity index (χ1) is 19.4. The van der Waals surface area contributed by atoms with Crippen molar-refractivity contribution in [2.24, 2.45) is 4.99 Å². The van der Waals surface area contributed by atoms with Crippen LogP contribution in [0.1, 0.15) is 40.0 Å². The number of nitrogens with zero attached hydrogens (tertiary/aromatic N) is 2. The maximum Gasteiger partial charge on any atom is 0.338 e. The van der Waals surface area contributed by atoms with E-state index in [0.717, 1.165) is 21.6 Å². The first-order valence-corrected chi connectivity index (χ1v) is 14.6. The van der Waals surface area contributed by atoms with E-state index in [0.29, 0.717) is 26.2 Å². The Kier molecular flexibility index (Phi) is 8.14. The van der Waals surface area contributed by atoms with Gasteiger partial charge in [0, 0.05) is 10.5 Å². The average Bonchev–Trinajstić information content (AvgIpc) is 3.31. The van der Waals surface area contributed by atoms with Crippen molar-refractivity contribution in [1.82, 2.24) is 4.57 Å². The number of thiazole rings is 1. The lowest BCUT2D eigenvalue weighted by Crippen LogP contribution is -2.40. The Morgan fingerprint density at radius 2 is 1.70 bits per heavy atom. The Morgan fingerprint density at radius 3 is 2.33 bits per heavy atom. The topological polar surface area (TPSA) is 87.0 Å². The van der Waals surface area contributed by atoms with E-state index >= 15 is 0 Å². The minimum Gasteiger partial charge on any atom is -0.465 e. The predicted molar refractivity (Wildman–Crippen MR) is 157 cm³/mol. The van der Waals surface area contributed by atoms with E-state index in [1.165, 1.54) is 18.4 Å². The van der Waals surface area contributed by atoms with Crippen LogP contribution < -0.4 is 14.9 Å². The first-order valence-electron chi connectivity index (χ1n) is 12.6. The maximum absolute atomic E-state index is 13.9. The van der Waals surface area contributed by atoms with E-state index < -0.39 is 18.0 Å². The molecule has 202 valence electrons. The van der Waals surface area contributed by atoms with Gasteiger partial charge in [-0.15, -0.1) is 11.8 Å². The predicted octanol–water partition coefficient (Wildman–Crippen LogP) is 4.44. The average molecular weight is 571 g/mol. The third-order valence-corrected chi connectivity index (χ3v) is 8.16. The van der Waals surface area contributed by atoms with Crippen LogP contribution in [0.15, 0.2) is 99.1 Å². The van der Waals surface area contributed by atoms with E-state index in [1.807, 2.05) is 60.9 Å². The molecule has 0 bridgehead atoms. The lowest BCUT2D eigenvalue weighted by molar-refractivity contribution is -0.138. The Hall–Kier alpha value is -4.21. The molecule has 5 rings (SSSR count). The summed E-state index contributed by atoms with van der Waals surface area (Å²) >= 11 is 2.86. The van der Waals surface area contributed by atoms with Gasteiger partial charge in [-0.3, -0.25) is 9.36 Å². The van der Waals surface area contributed by atoms with Gasteiger partial charge in [0.2, 0.25) is 0 Å². The summed E-state index contributed by atoms with van der Waals surface area (Å²) in [5, 5.41) is 0. The number of carbonyl (C=O) groups excluding carboxylic acids is 2. The van der Waals surface area contributed by atoms with Crippen molar-refractivity contribution >= 4 is 46.8 Å². The van der Waals surface area contributed by atoms with Crippen molar-refractivity contribution in [1.29, 1.82) is 0 Å². The highest BCUT2D eigenvalue weighted by Crippen LogP contribution is 2.35. The van der Waals surface area contributed by atoms with Crippen molar-refractivity contribution in [3.63, 3.8) is 0 Å². The lowest BCUT2D eigenvalue weighted by atomic mass is 9.93. The van der Waals surface area contributed by atoms with E-state index in [1.54, 1.807) is 53.6 Å². The van der Waals surface area contributed by atoms with Gasteiger partial charge >= 0.3 is 11.9 Å². The summed E-state index contributed by atoms with van der Waals surface area (Å²) in [5.41, 5.74) is 3.22. The van der Waals surface area contributed by atoms with Crippen LogP contribution in [0.4, 0.5) is 0 Å². The van der Waals surface area contributed by atoms with Crippen molar-refractivity contribution in [3.8, 4) is 0 Å². The Morgan fingerprint density at radius 1 is 1.00 bits per heavy atom. The molecule has 0 N–H and O–H groups in total. The van der Waals surface area contributed by atoms with E-state index in [-0.39, 0.29) is 12.2 Å². The highest BCUT2D eigenvalue weighted by atomic mass is 32.2. The molecule has 0 fully saturated rings. The standard InChI is InChI=1S/C31H26N2O5S2/c1-4-38-30(36)25-26(20-8-6-5-7-9-20)32-31-33(27(25)21-14-16-23(39-3)17-15-21)28(34)24(40-31)18-19-10-12-22(13-11-19)29(35)37-2/h5-18,27H,4H2,1-3H3/b24-18-/t27-/m0/s1. The van der Waals surface area contributed by atoms with Gasteiger partial charge in [-0.05, 0) is 54.6 Å². The van der Waals surface area contributed by atoms with Gasteiger partial charge in [-0.25, -0.2) is 14.6 Å². The number of ether oxygens (including phenoxy) is 2. The summed E-state index contributed by atoms with van der Waals surface area (Å²) in [6, 6.07) is 23.4. The van der Waals surface area contributed by atoms with Crippen LogP contribution in [0.3, 0.4) is 0 Å². The molecule has 40 heavy (non-hydrogen) atoms. The Labute approximate surface area is 239 Å². The molecule has 0 radical (unpaired) electrons. The molecule has 0 saturated carbocycles. The molecule has 4 aromatic rings. The van der Waals surface area contributed by atoms with Crippen molar-refractivity contribution < 1.29 is 19.1 Å². The molecule has 0 spiro atoms. The third-order valence-electron chi connectivity index (χ3n) is 6.43. The fourth-order valence-electron chi connectivity index (χ4n) is 4.53. The van der Waals surface area contributed by atoms with Crippen LogP contribution in [0.25, 0.3) is 11.8 Å². The van der Waals surface area contributed by atoms with E-state index in [4.69, 9.17) is 14.5 Å². The number of aromatic nitrogens is 1. The van der Waals surface area contributed by atoms with Crippen LogP contribution in [-0.4, -0.2) is 36.5 Å². The number of fused-ring (bicyclic) bond motifs is 1. The fourth-order valence-corrected chi connectivity index (χ4v) is 5.94. The second-order valence-corrected chi connectivity index (χ2v) is 10.7. The SMILES string of the molecule is CCOC(=O)C1=C(c2ccccc2)N=c2s/c(=C\c3ccc(C(=O)OC)cc3)c(=O)n2[C@H]1c1ccc(SC)cc1. The minimum atomic E-state index is -0.731. The molecule has 0 amide bonds. The lowest BCUT2D eigenvalue weighted by Gasteiger charge is -2.26. The Balaban J connectivity index is 1.75. The van der Waals surface area contributed by atoms with E-state index in [2.05, 4.69) is 0 Å². The number of esters is 2. The van der Waals surface area contributed by atoms with Crippen LogP contribution >= 0.6 is 23.1 Å². The minimum absolute atomic E-state index is 0.189. The van der Waals surface area contributed by atoms with Gasteiger partial charge in [0.1, 0.15) is 0 Å². The number of carbonyl (C=O) groups is 2. The Bertz CT molecular complexity index is 1770. The highest BCUT2D eigenvalue weighted by molar-refractivity contribution is 7.98. The van der Waals surface area contributed by atoms with Crippen LogP contribution in [0.2, 0.25) is 0 Å². The fraction of sp³-hybridized carbons (Fsp3) is 0.161. The van der Waals surface area contributed by atoms with Crippen molar-refractivity contribution in [3.05, 3.63) is 126 Å². The summed E-state index contributed by atoms with van der Waals surface area (Å²) in [7, 11) is 1.33. The molecule has 0 saturated heterocycles. The molecule has 1 aromatic heterocycles. The molecular formula is C31H26N2O5S2. The number of hydrogen-bond acceptors (Lipinski definition) is 8. The second-order valence-electron chi connectivity index (χ2n) is 8.82. The zero-order chi connectivity index (χ0) is 28.2. The third kappa shape index (κ3) is 5.30. The zero-order valence-corrected chi connectivity index (χ0v) is 23.8. The quantitative estimate of drug-likeness (QED) is 0.241. The number of hydrogen-bond donors (Lipinski definition) is 0. The molecule has 3 aromatic carbocycles. The van der Waals surface area contributed by atoms with Crippen molar-refractivity contribution in [2.75, 3.05) is 20.0 Å². The molecule has 1 atom stereocenters. The van der Waals surface area contributed by atoms with Crippen LogP contribution in [0, 0.1) is 0 Å². The molecule has 2 heterocycles. The molecule has 0 unspecified atom stereocenters. The van der Waals surface area contributed by atoms with Gasteiger partial charge < -0.3 is 9.47 Å². The zero-order valence-electron chi connectivity index (χ0n) is 22.1. The monoisotopic (exact) mass is 570 g/mol. The van der Waals surface area contributed by atoms with Crippen LogP contribution in [-0.2, 0) is 14.3 Å². The summed E-state index contributed by atoms with van der Waals surface area (Å²) in [6.07, 6.45) is 3.75. The van der Waals surface area contributed by atoms with Crippen molar-refractivity contribution in [2.45, 2.75) is 17.9 Å². The van der Waals surface area contributed by atoms with Gasteiger partial charge in [0.25, 0.3) is 5.56 Å². The first kappa shape index (κ1) is 27.4. The number of methoxy groups -OCH3 is 1. The van der Waals surface area contributed by atoms with Crippen LogP contribution in [0.5, 0.6) is 0 Å². The van der Waals surface area contributed by atoms with Gasteiger partial charge in [-0.1, -0.05) is 65.9 Å². The number of thioether (sulfide) groups is 1. The summed E-state index contributed by atoms with van der Waals surface area (Å²) in [5.74, 6) is -0.949.